The molecule has 12 aromatic rings. The summed E-state index contributed by atoms with van der Waals surface area (Å²) in [7, 11) is 0. The number of hydrogen-bond donors (Lipinski definition) is 0. The van der Waals surface area contributed by atoms with Gasteiger partial charge in [0, 0.05) is 59.2 Å². The molecule has 2 aliphatic heterocycles. The van der Waals surface area contributed by atoms with E-state index in [2.05, 4.69) is 241 Å². The molecule has 3 nitrogen and oxygen atoms in total. The molecule has 0 unspecified atom stereocenters. The molecule has 4 aliphatic rings. The molecule has 2 spiro atoms. The number of thiophene rings is 1. The van der Waals surface area contributed by atoms with Gasteiger partial charge in [0.25, 0.3) is 0 Å². The van der Waals surface area contributed by atoms with Crippen molar-refractivity contribution in [2.75, 3.05) is 4.90 Å². The minimum atomic E-state index is -0.642. The van der Waals surface area contributed by atoms with Crippen molar-refractivity contribution in [1.82, 2.24) is 0 Å². The van der Waals surface area contributed by atoms with Gasteiger partial charge in [0.1, 0.15) is 23.0 Å². The highest BCUT2D eigenvalue weighted by Gasteiger charge is 2.53. The Morgan fingerprint density at radius 3 is 1.23 bits per heavy atom. The van der Waals surface area contributed by atoms with Crippen molar-refractivity contribution in [3.8, 4) is 45.3 Å². The van der Waals surface area contributed by atoms with E-state index in [4.69, 9.17) is 9.47 Å². The fraction of sp³-hybridized carbons (Fsp3) is 0.0303. The summed E-state index contributed by atoms with van der Waals surface area (Å²) in [5.41, 5.74) is 16.5. The molecule has 0 saturated heterocycles. The van der Waals surface area contributed by atoms with Crippen LogP contribution in [-0.4, -0.2) is 0 Å². The van der Waals surface area contributed by atoms with Crippen LogP contribution in [-0.2, 0) is 10.8 Å². The van der Waals surface area contributed by atoms with Crippen LogP contribution in [0.4, 0.5) is 17.1 Å². The van der Waals surface area contributed by atoms with Crippen LogP contribution < -0.4 is 14.4 Å². The summed E-state index contributed by atoms with van der Waals surface area (Å²) in [6.07, 6.45) is 0. The van der Waals surface area contributed by atoms with Gasteiger partial charge in [-0.3, -0.25) is 0 Å². The maximum atomic E-state index is 7.03. The Kier molecular flexibility index (Phi) is 7.63. The van der Waals surface area contributed by atoms with Gasteiger partial charge in [-0.2, -0.15) is 0 Å². The topological polar surface area (TPSA) is 21.7 Å². The van der Waals surface area contributed by atoms with E-state index >= 15 is 0 Å². The lowest BCUT2D eigenvalue weighted by Gasteiger charge is -2.41. The van der Waals surface area contributed by atoms with Crippen LogP contribution in [0.15, 0.2) is 237 Å². The maximum absolute atomic E-state index is 7.03. The summed E-state index contributed by atoms with van der Waals surface area (Å²) in [6.45, 7) is 0. The molecule has 16 rings (SSSR count). The molecule has 0 radical (unpaired) electrons. The number of nitrogens with zero attached hydrogens (tertiary/aromatic N) is 1. The molecular formula is C66H39NO2S. The monoisotopic (exact) mass is 909 g/mol. The molecule has 11 aromatic carbocycles. The molecule has 0 amide bonds. The Balaban J connectivity index is 1.04. The minimum Gasteiger partial charge on any atom is -0.457 e. The molecule has 0 atom stereocenters. The molecule has 0 fully saturated rings. The molecule has 4 heteroatoms. The van der Waals surface area contributed by atoms with Crippen LogP contribution in [0.5, 0.6) is 23.0 Å². The molecular weight excluding hydrogens is 871 g/mol. The first-order valence-electron chi connectivity index (χ1n) is 24.1. The Morgan fingerprint density at radius 1 is 0.314 bits per heavy atom. The molecule has 1 aromatic heterocycles. The van der Waals surface area contributed by atoms with Gasteiger partial charge in [-0.15, -0.1) is 11.3 Å². The number of rotatable bonds is 3. The summed E-state index contributed by atoms with van der Waals surface area (Å²) < 4.78 is 16.6. The highest BCUT2D eigenvalue weighted by Crippen LogP contribution is 2.65. The lowest BCUT2D eigenvalue weighted by molar-refractivity contribution is 0.436. The van der Waals surface area contributed by atoms with Gasteiger partial charge in [-0.25, -0.2) is 0 Å². The number of benzene rings is 11. The third-order valence-corrected chi connectivity index (χ3v) is 16.9. The van der Waals surface area contributed by atoms with Crippen molar-refractivity contribution in [3.63, 3.8) is 0 Å². The molecule has 326 valence electrons. The fourth-order valence-electron chi connectivity index (χ4n) is 13.1. The largest absolute Gasteiger partial charge is 0.457 e. The lowest BCUT2D eigenvalue weighted by atomic mass is 9.66. The lowest BCUT2D eigenvalue weighted by Crippen LogP contribution is -2.32. The predicted molar refractivity (Wildman–Crippen MR) is 286 cm³/mol. The van der Waals surface area contributed by atoms with E-state index in [9.17, 15) is 0 Å². The van der Waals surface area contributed by atoms with Gasteiger partial charge in [0.2, 0.25) is 0 Å². The molecule has 2 aliphatic carbocycles. The zero-order valence-electron chi connectivity index (χ0n) is 37.7. The van der Waals surface area contributed by atoms with Crippen molar-refractivity contribution in [1.29, 1.82) is 0 Å². The Labute approximate surface area is 408 Å². The Hall–Kier alpha value is -8.70. The number of hydrogen-bond acceptors (Lipinski definition) is 4. The average Bonchev–Trinajstić information content (AvgIpc) is 4.05. The van der Waals surface area contributed by atoms with Crippen LogP contribution in [0.1, 0.15) is 44.5 Å². The van der Waals surface area contributed by atoms with E-state index in [1.807, 2.05) is 11.3 Å². The highest BCUT2D eigenvalue weighted by molar-refractivity contribution is 7.26. The summed E-state index contributed by atoms with van der Waals surface area (Å²) in [6, 6.07) is 87.2. The summed E-state index contributed by atoms with van der Waals surface area (Å²) in [5, 5.41) is 4.84. The molecule has 70 heavy (non-hydrogen) atoms. The average molecular weight is 910 g/mol. The summed E-state index contributed by atoms with van der Waals surface area (Å²) in [4.78, 5) is 2.55. The second-order valence-electron chi connectivity index (χ2n) is 19.0. The third-order valence-electron chi connectivity index (χ3n) is 15.8. The summed E-state index contributed by atoms with van der Waals surface area (Å²) >= 11 is 1.86. The first-order valence-corrected chi connectivity index (χ1v) is 24.9. The van der Waals surface area contributed by atoms with Crippen molar-refractivity contribution < 1.29 is 9.47 Å². The van der Waals surface area contributed by atoms with Crippen molar-refractivity contribution in [2.24, 2.45) is 0 Å². The van der Waals surface area contributed by atoms with E-state index in [0.29, 0.717) is 0 Å². The van der Waals surface area contributed by atoms with E-state index in [1.165, 1.54) is 75.5 Å². The third kappa shape index (κ3) is 4.78. The Bertz CT molecular complexity index is 3950. The van der Waals surface area contributed by atoms with Gasteiger partial charge in [-0.05, 0) is 111 Å². The maximum Gasteiger partial charge on any atom is 0.132 e. The van der Waals surface area contributed by atoms with Crippen LogP contribution >= 0.6 is 11.3 Å². The van der Waals surface area contributed by atoms with E-state index in [1.54, 1.807) is 0 Å². The quantitative estimate of drug-likeness (QED) is 0.176. The van der Waals surface area contributed by atoms with Crippen molar-refractivity contribution >= 4 is 59.3 Å². The first-order chi connectivity index (χ1) is 34.7. The standard InChI is InChI=1S/C66H39NO2S/c1-2-18-43-40(17-1)37-62-63(48-23-7-16-32-61(48)70-62)64(43)67(41-33-35-59-55(38-41)65(53-28-12-14-30-57(53)68-59)49-24-8-3-19-44(49)45-20-4-9-25-50(45)65)42-34-36-60-56(39-42)66(54-29-13-15-31-58(54)69-60)51-26-10-5-21-46(51)47-22-6-11-27-52(47)66/h1-39H. The van der Waals surface area contributed by atoms with Crippen LogP contribution in [0, 0.1) is 0 Å². The van der Waals surface area contributed by atoms with Gasteiger partial charge >= 0.3 is 0 Å². The van der Waals surface area contributed by atoms with Gasteiger partial charge in [-0.1, -0.05) is 176 Å². The normalized spacial score (nSPS) is 14.5. The summed E-state index contributed by atoms with van der Waals surface area (Å²) in [5.74, 6) is 3.46. The fourth-order valence-corrected chi connectivity index (χ4v) is 14.3. The Morgan fingerprint density at radius 2 is 0.714 bits per heavy atom. The van der Waals surface area contributed by atoms with Crippen molar-refractivity contribution in [3.05, 3.63) is 281 Å². The molecule has 0 saturated carbocycles. The van der Waals surface area contributed by atoms with Gasteiger partial charge in [0.15, 0.2) is 0 Å². The van der Waals surface area contributed by atoms with Crippen LogP contribution in [0.3, 0.4) is 0 Å². The number of fused-ring (bicyclic) bond motifs is 22. The number of ether oxygens (including phenoxy) is 2. The second-order valence-corrected chi connectivity index (χ2v) is 20.1. The highest BCUT2D eigenvalue weighted by atomic mass is 32.1. The van der Waals surface area contributed by atoms with Gasteiger partial charge < -0.3 is 14.4 Å². The molecule has 3 heterocycles. The van der Waals surface area contributed by atoms with E-state index in [-0.39, 0.29) is 0 Å². The minimum absolute atomic E-state index is 0.642. The molecule has 0 N–H and O–H groups in total. The van der Waals surface area contributed by atoms with Gasteiger partial charge in [0.05, 0.1) is 16.5 Å². The predicted octanol–water partition coefficient (Wildman–Crippen LogP) is 17.6. The second kappa shape index (κ2) is 13.9. The van der Waals surface area contributed by atoms with E-state index in [0.717, 1.165) is 62.3 Å². The molecule has 0 bridgehead atoms. The first kappa shape index (κ1) is 38.3. The van der Waals surface area contributed by atoms with Crippen molar-refractivity contribution in [2.45, 2.75) is 10.8 Å². The zero-order chi connectivity index (χ0) is 45.7. The zero-order valence-corrected chi connectivity index (χ0v) is 38.5. The smallest absolute Gasteiger partial charge is 0.132 e. The van der Waals surface area contributed by atoms with Crippen LogP contribution in [0.2, 0.25) is 0 Å². The SMILES string of the molecule is c1ccc2c(c1)Oc1ccc(N(c3ccc4c(c3)C3(c5ccccc5O4)c4ccccc4-c4ccccc43)c3c4ccccc4cc4sc5ccccc5c34)cc1C21c2ccccc2-c2ccccc21. The van der Waals surface area contributed by atoms with Crippen LogP contribution in [0.25, 0.3) is 53.2 Å². The van der Waals surface area contributed by atoms with E-state index < -0.39 is 10.8 Å². The number of para-hydroxylation sites is 2. The number of anilines is 3.